The van der Waals surface area contributed by atoms with E-state index in [4.69, 9.17) is 27.9 Å². The van der Waals surface area contributed by atoms with E-state index in [-0.39, 0.29) is 6.61 Å². The number of alkyl halides is 2. The third-order valence-corrected chi connectivity index (χ3v) is 1.26. The van der Waals surface area contributed by atoms with Gasteiger partial charge in [0.05, 0.1) is 0 Å². The van der Waals surface area contributed by atoms with Crippen molar-refractivity contribution >= 4 is 29.2 Å². The molecule has 0 bridgehead atoms. The molecule has 70 valence electrons. The van der Waals surface area contributed by atoms with Gasteiger partial charge in [0.1, 0.15) is 6.61 Å². The quantitative estimate of drug-likeness (QED) is 0.397. The molecule has 0 saturated heterocycles. The maximum Gasteiger partial charge on any atom is 0.332 e. The van der Waals surface area contributed by atoms with E-state index in [1.54, 1.807) is 6.92 Å². The Labute approximate surface area is 81.2 Å². The Morgan fingerprint density at radius 3 is 2.67 bits per heavy atom. The molecule has 0 aromatic carbocycles. The van der Waals surface area contributed by atoms with Gasteiger partial charge in [0, 0.05) is 12.7 Å². The molecule has 0 fully saturated rings. The summed E-state index contributed by atoms with van der Waals surface area (Å²) in [6, 6.07) is 0. The van der Waals surface area contributed by atoms with Crippen molar-refractivity contribution < 1.29 is 14.3 Å². The highest BCUT2D eigenvalue weighted by molar-refractivity contribution is 6.47. The second kappa shape index (κ2) is 5.41. The Morgan fingerprint density at radius 2 is 2.25 bits per heavy atom. The number of esters is 1. The summed E-state index contributed by atoms with van der Waals surface area (Å²) in [7, 11) is 0. The van der Waals surface area contributed by atoms with E-state index in [0.717, 1.165) is 6.08 Å². The van der Waals surface area contributed by atoms with Crippen LogP contribution >= 0.6 is 23.2 Å². The highest BCUT2D eigenvalue weighted by Crippen LogP contribution is 2.23. The number of hydrogen-bond acceptors (Lipinski definition) is 3. The molecule has 0 atom stereocenters. The molecule has 0 saturated carbocycles. The Bertz CT molecular complexity index is 168. The number of ether oxygens (including phenoxy) is 2. The van der Waals surface area contributed by atoms with Crippen molar-refractivity contribution in [1.82, 2.24) is 0 Å². The maximum atomic E-state index is 10.6. The van der Waals surface area contributed by atoms with Gasteiger partial charge in [-0.3, -0.25) is 0 Å². The van der Waals surface area contributed by atoms with Gasteiger partial charge in [0.25, 0.3) is 4.52 Å². The lowest BCUT2D eigenvalue weighted by Gasteiger charge is -2.18. The van der Waals surface area contributed by atoms with Crippen LogP contribution in [-0.4, -0.2) is 23.7 Å². The van der Waals surface area contributed by atoms with E-state index < -0.39 is 10.5 Å². The number of carbonyl (C=O) groups is 1. The van der Waals surface area contributed by atoms with E-state index in [1.165, 1.54) is 0 Å². The lowest BCUT2D eigenvalue weighted by Crippen LogP contribution is -2.27. The van der Waals surface area contributed by atoms with Crippen LogP contribution in [0.4, 0.5) is 0 Å². The summed E-state index contributed by atoms with van der Waals surface area (Å²) in [6.45, 7) is 5.36. The fraction of sp³-hybridized carbons (Fsp3) is 0.571. The van der Waals surface area contributed by atoms with Crippen molar-refractivity contribution in [1.29, 1.82) is 0 Å². The molecule has 0 rings (SSSR count). The molecule has 0 spiro atoms. The van der Waals surface area contributed by atoms with Crippen molar-refractivity contribution in [2.45, 2.75) is 11.4 Å². The lowest BCUT2D eigenvalue weighted by molar-refractivity contribution is -0.144. The zero-order chi connectivity index (χ0) is 9.61. The van der Waals surface area contributed by atoms with Gasteiger partial charge in [-0.2, -0.15) is 0 Å². The first-order valence-electron chi connectivity index (χ1n) is 3.33. The first-order valence-corrected chi connectivity index (χ1v) is 4.08. The smallest absolute Gasteiger partial charge is 0.332 e. The molecule has 5 heteroatoms. The van der Waals surface area contributed by atoms with Crippen molar-refractivity contribution in [2.75, 3.05) is 13.2 Å². The minimum atomic E-state index is -1.62. The number of halogens is 2. The van der Waals surface area contributed by atoms with Gasteiger partial charge in [-0.05, 0) is 6.92 Å². The Balaban J connectivity index is 3.85. The minimum absolute atomic E-state index is 0.0633. The van der Waals surface area contributed by atoms with Gasteiger partial charge in [0.15, 0.2) is 0 Å². The SMILES string of the molecule is C=CC(=O)OC(Cl)(Cl)COCC. The van der Waals surface area contributed by atoms with Gasteiger partial charge in [0.2, 0.25) is 0 Å². The highest BCUT2D eigenvalue weighted by Gasteiger charge is 2.27. The molecular weight excluding hydrogens is 203 g/mol. The predicted molar refractivity (Wildman–Crippen MR) is 47.2 cm³/mol. The molecule has 0 amide bonds. The van der Waals surface area contributed by atoms with Gasteiger partial charge in [-0.25, -0.2) is 4.79 Å². The number of carbonyl (C=O) groups excluding carboxylic acids is 1. The van der Waals surface area contributed by atoms with Gasteiger partial charge in [-0.1, -0.05) is 29.8 Å². The van der Waals surface area contributed by atoms with Gasteiger partial charge < -0.3 is 9.47 Å². The van der Waals surface area contributed by atoms with E-state index in [0.29, 0.717) is 6.61 Å². The third-order valence-electron chi connectivity index (χ3n) is 0.891. The molecule has 0 unspecified atom stereocenters. The maximum absolute atomic E-state index is 10.6. The Morgan fingerprint density at radius 1 is 1.67 bits per heavy atom. The van der Waals surface area contributed by atoms with Crippen molar-refractivity contribution in [2.24, 2.45) is 0 Å². The molecule has 0 heterocycles. The van der Waals surface area contributed by atoms with Crippen LogP contribution in [0.5, 0.6) is 0 Å². The van der Waals surface area contributed by atoms with Crippen LogP contribution in [0.15, 0.2) is 12.7 Å². The van der Waals surface area contributed by atoms with E-state index in [1.807, 2.05) is 0 Å². The largest absolute Gasteiger partial charge is 0.423 e. The summed E-state index contributed by atoms with van der Waals surface area (Å²) >= 11 is 11.1. The minimum Gasteiger partial charge on any atom is -0.423 e. The molecule has 0 aromatic heterocycles. The summed E-state index contributed by atoms with van der Waals surface area (Å²) in [5.74, 6) is -0.681. The first kappa shape index (κ1) is 11.8. The number of rotatable bonds is 5. The molecule has 0 aliphatic carbocycles. The van der Waals surface area contributed by atoms with E-state index in [9.17, 15) is 4.79 Å². The average Bonchev–Trinajstić information content (AvgIpc) is 2.00. The highest BCUT2D eigenvalue weighted by atomic mass is 35.5. The van der Waals surface area contributed by atoms with E-state index in [2.05, 4.69) is 11.3 Å². The topological polar surface area (TPSA) is 35.5 Å². The van der Waals surface area contributed by atoms with Crippen LogP contribution < -0.4 is 0 Å². The van der Waals surface area contributed by atoms with Crippen molar-refractivity contribution in [3.05, 3.63) is 12.7 Å². The van der Waals surface area contributed by atoms with Gasteiger partial charge >= 0.3 is 5.97 Å². The summed E-state index contributed by atoms with van der Waals surface area (Å²) in [5, 5.41) is 0. The first-order chi connectivity index (χ1) is 5.52. The van der Waals surface area contributed by atoms with Crippen LogP contribution in [0.1, 0.15) is 6.92 Å². The molecule has 0 aliphatic heterocycles. The van der Waals surface area contributed by atoms with Crippen molar-refractivity contribution in [3.63, 3.8) is 0 Å². The summed E-state index contributed by atoms with van der Waals surface area (Å²) in [5.41, 5.74) is 0. The third kappa shape index (κ3) is 5.41. The predicted octanol–water partition coefficient (Wildman–Crippen LogP) is 1.88. The summed E-state index contributed by atoms with van der Waals surface area (Å²) < 4.78 is 7.78. The standard InChI is InChI=1S/C7H10Cl2O3/c1-3-6(10)12-7(8,9)5-11-4-2/h3H,1,4-5H2,2H3. The Hall–Kier alpha value is -0.250. The van der Waals surface area contributed by atoms with Crippen LogP contribution in [0.3, 0.4) is 0 Å². The van der Waals surface area contributed by atoms with Crippen LogP contribution in [0.2, 0.25) is 0 Å². The molecule has 0 N–H and O–H groups in total. The summed E-state index contributed by atoms with van der Waals surface area (Å²) in [6.07, 6.45) is 0.978. The molecule has 0 aromatic rings. The fourth-order valence-corrected chi connectivity index (χ4v) is 0.746. The summed E-state index contributed by atoms with van der Waals surface area (Å²) in [4.78, 5) is 10.6. The van der Waals surface area contributed by atoms with E-state index >= 15 is 0 Å². The Kier molecular flexibility index (Phi) is 5.29. The molecule has 12 heavy (non-hydrogen) atoms. The van der Waals surface area contributed by atoms with Crippen LogP contribution in [0.25, 0.3) is 0 Å². The zero-order valence-corrected chi connectivity index (χ0v) is 8.19. The molecule has 0 aliphatic rings. The normalized spacial score (nSPS) is 10.9. The molecule has 0 radical (unpaired) electrons. The monoisotopic (exact) mass is 212 g/mol. The fourth-order valence-electron chi connectivity index (χ4n) is 0.439. The molecular formula is C7H10Cl2O3. The number of hydrogen-bond donors (Lipinski definition) is 0. The second-order valence-corrected chi connectivity index (χ2v) is 3.31. The molecule has 3 nitrogen and oxygen atoms in total. The van der Waals surface area contributed by atoms with Crippen LogP contribution in [-0.2, 0) is 14.3 Å². The lowest BCUT2D eigenvalue weighted by atomic mass is 10.6. The van der Waals surface area contributed by atoms with Crippen LogP contribution in [0, 0.1) is 0 Å². The van der Waals surface area contributed by atoms with Crippen molar-refractivity contribution in [3.8, 4) is 0 Å². The second-order valence-electron chi connectivity index (χ2n) is 1.90. The van der Waals surface area contributed by atoms with Gasteiger partial charge in [-0.15, -0.1) is 0 Å². The zero-order valence-electron chi connectivity index (χ0n) is 6.68. The average molecular weight is 213 g/mol.